The third-order valence-electron chi connectivity index (χ3n) is 4.59. The molecule has 5 aromatic rings. The number of aromatic nitrogens is 3. The van der Waals surface area contributed by atoms with Crippen LogP contribution in [0.3, 0.4) is 0 Å². The Morgan fingerprint density at radius 2 is 1.67 bits per heavy atom. The second kappa shape index (κ2) is 6.18. The molecule has 0 N–H and O–H groups in total. The molecule has 0 saturated heterocycles. The molecule has 0 saturated carbocycles. The lowest BCUT2D eigenvalue weighted by atomic mass is 10.1. The van der Waals surface area contributed by atoms with Crippen LogP contribution in [0.15, 0.2) is 79.0 Å². The van der Waals surface area contributed by atoms with Crippen LogP contribution in [-0.4, -0.2) is 14.8 Å². The molecular formula is C22H13ClFN3. The van der Waals surface area contributed by atoms with Crippen LogP contribution in [0.1, 0.15) is 0 Å². The average molecular weight is 374 g/mol. The standard InChI is InChI=1S/C22H13ClFN3/c23-15-8-4-9-16(12-15)27-22-17-10-5-11-19(24)21(17)25-13-18(22)20(26-27)14-6-2-1-3-7-14/h1-13H. The predicted molar refractivity (Wildman–Crippen MR) is 107 cm³/mol. The van der Waals surface area contributed by atoms with Gasteiger partial charge in [0.1, 0.15) is 17.0 Å². The summed E-state index contributed by atoms with van der Waals surface area (Å²) in [6, 6.07) is 22.3. The minimum atomic E-state index is -0.352. The van der Waals surface area contributed by atoms with Crippen molar-refractivity contribution in [3.8, 4) is 16.9 Å². The number of halogens is 2. The normalized spacial score (nSPS) is 11.3. The molecular weight excluding hydrogens is 361 g/mol. The van der Waals surface area contributed by atoms with E-state index in [1.807, 2.05) is 65.3 Å². The third kappa shape index (κ3) is 2.57. The molecule has 2 heterocycles. The minimum absolute atomic E-state index is 0.327. The molecule has 0 bridgehead atoms. The summed E-state index contributed by atoms with van der Waals surface area (Å²) in [5.41, 5.74) is 3.71. The molecule has 2 aromatic heterocycles. The van der Waals surface area contributed by atoms with E-state index in [1.54, 1.807) is 12.3 Å². The Bertz CT molecular complexity index is 1300. The molecule has 0 fully saturated rings. The number of hydrogen-bond donors (Lipinski definition) is 0. The fourth-order valence-corrected chi connectivity index (χ4v) is 3.57. The highest BCUT2D eigenvalue weighted by atomic mass is 35.5. The summed E-state index contributed by atoms with van der Waals surface area (Å²) in [4.78, 5) is 4.37. The third-order valence-corrected chi connectivity index (χ3v) is 4.82. The number of benzene rings is 3. The van der Waals surface area contributed by atoms with Gasteiger partial charge in [-0.15, -0.1) is 0 Å². The van der Waals surface area contributed by atoms with E-state index in [2.05, 4.69) is 4.98 Å². The number of hydrogen-bond acceptors (Lipinski definition) is 2. The summed E-state index contributed by atoms with van der Waals surface area (Å²) in [5.74, 6) is -0.352. The Kier molecular flexibility index (Phi) is 3.66. The number of para-hydroxylation sites is 1. The van der Waals surface area contributed by atoms with Gasteiger partial charge >= 0.3 is 0 Å². The SMILES string of the molecule is Fc1cccc2c1ncc1c(-c3ccccc3)nn(-c3cccc(Cl)c3)c12. The smallest absolute Gasteiger partial charge is 0.149 e. The first kappa shape index (κ1) is 16.0. The predicted octanol–water partition coefficient (Wildman–Crippen LogP) is 6.03. The van der Waals surface area contributed by atoms with Gasteiger partial charge in [-0.05, 0) is 24.3 Å². The van der Waals surface area contributed by atoms with E-state index < -0.39 is 0 Å². The molecule has 0 aliphatic heterocycles. The Labute approximate surface area is 159 Å². The van der Waals surface area contributed by atoms with Crippen LogP contribution >= 0.6 is 11.6 Å². The summed E-state index contributed by atoms with van der Waals surface area (Å²) in [5, 5.41) is 7.03. The highest BCUT2D eigenvalue weighted by Crippen LogP contribution is 2.34. The van der Waals surface area contributed by atoms with Crippen LogP contribution in [0, 0.1) is 5.82 Å². The molecule has 3 nitrogen and oxygen atoms in total. The fraction of sp³-hybridized carbons (Fsp3) is 0. The van der Waals surface area contributed by atoms with E-state index in [9.17, 15) is 4.39 Å². The monoisotopic (exact) mass is 373 g/mol. The lowest BCUT2D eigenvalue weighted by Crippen LogP contribution is -1.97. The van der Waals surface area contributed by atoms with Crippen LogP contribution in [0.2, 0.25) is 5.02 Å². The molecule has 0 unspecified atom stereocenters. The van der Waals surface area contributed by atoms with Gasteiger partial charge in [0, 0.05) is 27.6 Å². The van der Waals surface area contributed by atoms with Crippen LogP contribution in [-0.2, 0) is 0 Å². The maximum atomic E-state index is 14.3. The van der Waals surface area contributed by atoms with Crippen molar-refractivity contribution in [1.82, 2.24) is 14.8 Å². The van der Waals surface area contributed by atoms with Crippen LogP contribution in [0.25, 0.3) is 38.8 Å². The van der Waals surface area contributed by atoms with Crippen molar-refractivity contribution in [2.24, 2.45) is 0 Å². The molecule has 0 aliphatic carbocycles. The maximum absolute atomic E-state index is 14.3. The van der Waals surface area contributed by atoms with Crippen molar-refractivity contribution >= 4 is 33.4 Å². The number of nitrogens with zero attached hydrogens (tertiary/aromatic N) is 3. The quantitative estimate of drug-likeness (QED) is 0.378. The van der Waals surface area contributed by atoms with Crippen molar-refractivity contribution < 1.29 is 4.39 Å². The molecule has 0 aliphatic rings. The molecule has 130 valence electrons. The van der Waals surface area contributed by atoms with Gasteiger partial charge < -0.3 is 0 Å². The Morgan fingerprint density at radius 3 is 2.48 bits per heavy atom. The summed E-state index contributed by atoms with van der Waals surface area (Å²) in [6.45, 7) is 0. The fourth-order valence-electron chi connectivity index (χ4n) is 3.38. The zero-order valence-electron chi connectivity index (χ0n) is 14.1. The minimum Gasteiger partial charge on any atom is -0.252 e. The van der Waals surface area contributed by atoms with Gasteiger partial charge in [0.25, 0.3) is 0 Å². The van der Waals surface area contributed by atoms with E-state index in [-0.39, 0.29) is 5.82 Å². The van der Waals surface area contributed by atoms with Gasteiger partial charge in [0.05, 0.1) is 11.2 Å². The molecule has 5 heteroatoms. The molecule has 5 rings (SSSR count). The first-order chi connectivity index (χ1) is 13.2. The Hall–Kier alpha value is -3.24. The second-order valence-corrected chi connectivity index (χ2v) is 6.70. The average Bonchev–Trinajstić information content (AvgIpc) is 3.09. The highest BCUT2D eigenvalue weighted by Gasteiger charge is 2.18. The Morgan fingerprint density at radius 1 is 0.852 bits per heavy atom. The summed E-state index contributed by atoms with van der Waals surface area (Å²) in [7, 11) is 0. The Balaban J connectivity index is 1.94. The largest absolute Gasteiger partial charge is 0.252 e. The van der Waals surface area contributed by atoms with E-state index in [0.717, 1.165) is 27.8 Å². The van der Waals surface area contributed by atoms with E-state index in [0.29, 0.717) is 15.9 Å². The van der Waals surface area contributed by atoms with Gasteiger partial charge in [-0.2, -0.15) is 5.10 Å². The maximum Gasteiger partial charge on any atom is 0.149 e. The second-order valence-electron chi connectivity index (χ2n) is 6.26. The number of rotatable bonds is 2. The van der Waals surface area contributed by atoms with Crippen molar-refractivity contribution in [2.75, 3.05) is 0 Å². The molecule has 27 heavy (non-hydrogen) atoms. The van der Waals surface area contributed by atoms with E-state index in [1.165, 1.54) is 6.07 Å². The summed E-state index contributed by atoms with van der Waals surface area (Å²) in [6.07, 6.45) is 1.69. The zero-order chi connectivity index (χ0) is 18.4. The first-order valence-corrected chi connectivity index (χ1v) is 8.87. The van der Waals surface area contributed by atoms with Gasteiger partial charge in [0.15, 0.2) is 0 Å². The molecule has 3 aromatic carbocycles. The molecule has 0 atom stereocenters. The summed E-state index contributed by atoms with van der Waals surface area (Å²) >= 11 is 6.20. The van der Waals surface area contributed by atoms with Crippen LogP contribution < -0.4 is 0 Å². The first-order valence-electron chi connectivity index (χ1n) is 8.50. The number of pyridine rings is 1. The van der Waals surface area contributed by atoms with Gasteiger partial charge in [-0.25, -0.2) is 9.07 Å². The molecule has 0 spiro atoms. The van der Waals surface area contributed by atoms with E-state index >= 15 is 0 Å². The van der Waals surface area contributed by atoms with Crippen LogP contribution in [0.4, 0.5) is 4.39 Å². The van der Waals surface area contributed by atoms with Crippen molar-refractivity contribution in [3.63, 3.8) is 0 Å². The van der Waals surface area contributed by atoms with E-state index in [4.69, 9.17) is 16.7 Å². The van der Waals surface area contributed by atoms with Crippen molar-refractivity contribution in [3.05, 3.63) is 89.8 Å². The molecule has 0 amide bonds. The van der Waals surface area contributed by atoms with Crippen molar-refractivity contribution in [1.29, 1.82) is 0 Å². The van der Waals surface area contributed by atoms with Crippen LogP contribution in [0.5, 0.6) is 0 Å². The van der Waals surface area contributed by atoms with Gasteiger partial charge in [-0.3, -0.25) is 4.98 Å². The van der Waals surface area contributed by atoms with Gasteiger partial charge in [0.2, 0.25) is 0 Å². The van der Waals surface area contributed by atoms with Crippen molar-refractivity contribution in [2.45, 2.75) is 0 Å². The lowest BCUT2D eigenvalue weighted by Gasteiger charge is -2.06. The lowest BCUT2D eigenvalue weighted by molar-refractivity contribution is 0.637. The topological polar surface area (TPSA) is 30.7 Å². The highest BCUT2D eigenvalue weighted by molar-refractivity contribution is 6.30. The summed E-state index contributed by atoms with van der Waals surface area (Å²) < 4.78 is 16.1. The number of fused-ring (bicyclic) bond motifs is 3. The molecule has 0 radical (unpaired) electrons. The van der Waals surface area contributed by atoms with Gasteiger partial charge in [-0.1, -0.05) is 60.1 Å². The zero-order valence-corrected chi connectivity index (χ0v) is 14.9.